The third-order valence-corrected chi connectivity index (χ3v) is 4.78. The molecule has 0 aliphatic rings. The number of thioether (sulfide) groups is 1. The largest absolute Gasteiger partial charge is 0.351 e. The van der Waals surface area contributed by atoms with Gasteiger partial charge in [-0.1, -0.05) is 41.9 Å². The Morgan fingerprint density at radius 3 is 2.59 bits per heavy atom. The Morgan fingerprint density at radius 2 is 1.91 bits per heavy atom. The Kier molecular flexibility index (Phi) is 6.28. The zero-order chi connectivity index (χ0) is 15.9. The minimum Gasteiger partial charge on any atom is -0.351 e. The highest BCUT2D eigenvalue weighted by Crippen LogP contribution is 2.19. The lowest BCUT2D eigenvalue weighted by Crippen LogP contribution is -2.30. The van der Waals surface area contributed by atoms with E-state index in [1.165, 1.54) is 23.9 Å². The van der Waals surface area contributed by atoms with E-state index in [4.69, 9.17) is 11.6 Å². The third kappa shape index (κ3) is 5.04. The minimum atomic E-state index is -0.251. The van der Waals surface area contributed by atoms with E-state index in [0.717, 1.165) is 11.1 Å². The summed E-state index contributed by atoms with van der Waals surface area (Å²) in [6.07, 6.45) is 0. The van der Waals surface area contributed by atoms with E-state index < -0.39 is 0 Å². The Hall–Kier alpha value is -1.52. The molecule has 0 saturated carbocycles. The van der Waals surface area contributed by atoms with Crippen molar-refractivity contribution in [3.05, 3.63) is 70.5 Å². The van der Waals surface area contributed by atoms with Gasteiger partial charge in [0.2, 0.25) is 5.91 Å². The van der Waals surface area contributed by atoms with Crippen molar-refractivity contribution in [2.24, 2.45) is 0 Å². The van der Waals surface area contributed by atoms with Gasteiger partial charge in [-0.2, -0.15) is 0 Å². The first-order valence-corrected chi connectivity index (χ1v) is 8.36. The molecule has 1 N–H and O–H groups in total. The van der Waals surface area contributed by atoms with Gasteiger partial charge in [0.15, 0.2) is 0 Å². The second-order valence-electron chi connectivity index (χ2n) is 4.89. The van der Waals surface area contributed by atoms with Gasteiger partial charge in [-0.15, -0.1) is 11.8 Å². The number of hydrogen-bond acceptors (Lipinski definition) is 2. The van der Waals surface area contributed by atoms with Crippen LogP contribution in [0.15, 0.2) is 48.5 Å². The monoisotopic (exact) mass is 337 g/mol. The lowest BCUT2D eigenvalue weighted by Gasteiger charge is -2.12. The summed E-state index contributed by atoms with van der Waals surface area (Å²) in [4.78, 5) is 12.1. The standard InChI is InChI=1S/C17H17ClFNOS/c1-12(22-11-13-6-8-15(19)9-7-13)17(21)20-10-14-4-2-3-5-16(14)18/h2-9,12H,10-11H2,1H3,(H,20,21)/t12-/m0/s1. The van der Waals surface area contributed by atoms with Crippen molar-refractivity contribution in [1.82, 2.24) is 5.32 Å². The van der Waals surface area contributed by atoms with Gasteiger partial charge in [-0.25, -0.2) is 4.39 Å². The Labute approximate surface area is 139 Å². The van der Waals surface area contributed by atoms with Gasteiger partial charge in [-0.05, 0) is 36.2 Å². The molecule has 1 atom stereocenters. The highest BCUT2D eigenvalue weighted by Gasteiger charge is 2.13. The number of nitrogens with one attached hydrogen (secondary N) is 1. The molecule has 2 aromatic rings. The van der Waals surface area contributed by atoms with Crippen LogP contribution in [0, 0.1) is 5.82 Å². The summed E-state index contributed by atoms with van der Waals surface area (Å²) in [5.41, 5.74) is 1.89. The summed E-state index contributed by atoms with van der Waals surface area (Å²) in [5, 5.41) is 3.34. The van der Waals surface area contributed by atoms with Gasteiger partial charge in [0.05, 0.1) is 5.25 Å². The summed E-state index contributed by atoms with van der Waals surface area (Å²) < 4.78 is 12.8. The maximum absolute atomic E-state index is 12.8. The Bertz CT molecular complexity index is 633. The number of hydrogen-bond donors (Lipinski definition) is 1. The van der Waals surface area contributed by atoms with Crippen LogP contribution >= 0.6 is 23.4 Å². The quantitative estimate of drug-likeness (QED) is 0.845. The van der Waals surface area contributed by atoms with Crippen LogP contribution < -0.4 is 5.32 Å². The summed E-state index contributed by atoms with van der Waals surface area (Å²) in [6, 6.07) is 13.8. The topological polar surface area (TPSA) is 29.1 Å². The fourth-order valence-electron chi connectivity index (χ4n) is 1.85. The Balaban J connectivity index is 1.79. The van der Waals surface area contributed by atoms with Crippen LogP contribution in [0.5, 0.6) is 0 Å². The van der Waals surface area contributed by atoms with E-state index in [0.29, 0.717) is 17.3 Å². The van der Waals surface area contributed by atoms with Crippen molar-refractivity contribution >= 4 is 29.3 Å². The molecule has 1 amide bonds. The average molecular weight is 338 g/mol. The van der Waals surface area contributed by atoms with E-state index in [9.17, 15) is 9.18 Å². The molecule has 0 bridgehead atoms. The van der Waals surface area contributed by atoms with Gasteiger partial charge in [0, 0.05) is 17.3 Å². The molecule has 0 unspecified atom stereocenters. The van der Waals surface area contributed by atoms with Crippen LogP contribution in [-0.2, 0) is 17.1 Å². The van der Waals surface area contributed by atoms with Gasteiger partial charge in [-0.3, -0.25) is 4.79 Å². The summed E-state index contributed by atoms with van der Waals surface area (Å²) >= 11 is 7.57. The molecule has 0 fully saturated rings. The second-order valence-corrected chi connectivity index (χ2v) is 6.63. The molecule has 0 radical (unpaired) electrons. The van der Waals surface area contributed by atoms with E-state index in [2.05, 4.69) is 5.32 Å². The molecule has 0 spiro atoms. The molecular weight excluding hydrogens is 321 g/mol. The van der Waals surface area contributed by atoms with Crippen molar-refractivity contribution in [2.45, 2.75) is 24.5 Å². The fourth-order valence-corrected chi connectivity index (χ4v) is 2.92. The second kappa shape index (κ2) is 8.20. The van der Waals surface area contributed by atoms with E-state index in [1.54, 1.807) is 18.2 Å². The van der Waals surface area contributed by atoms with Crippen molar-refractivity contribution in [3.8, 4) is 0 Å². The molecule has 2 nitrogen and oxygen atoms in total. The zero-order valence-electron chi connectivity index (χ0n) is 12.2. The maximum atomic E-state index is 12.8. The van der Waals surface area contributed by atoms with Crippen LogP contribution in [0.1, 0.15) is 18.1 Å². The number of benzene rings is 2. The number of halogens is 2. The van der Waals surface area contributed by atoms with Crippen LogP contribution in [-0.4, -0.2) is 11.2 Å². The number of rotatable bonds is 6. The van der Waals surface area contributed by atoms with Gasteiger partial charge >= 0.3 is 0 Å². The normalized spacial score (nSPS) is 12.0. The molecule has 2 rings (SSSR count). The highest BCUT2D eigenvalue weighted by atomic mass is 35.5. The first-order valence-electron chi connectivity index (χ1n) is 6.93. The third-order valence-electron chi connectivity index (χ3n) is 3.19. The summed E-state index contributed by atoms with van der Waals surface area (Å²) in [6.45, 7) is 2.27. The fraction of sp³-hybridized carbons (Fsp3) is 0.235. The molecule has 0 aliphatic heterocycles. The maximum Gasteiger partial charge on any atom is 0.233 e. The van der Waals surface area contributed by atoms with Crippen molar-refractivity contribution in [2.75, 3.05) is 0 Å². The molecular formula is C17H17ClFNOS. The molecule has 5 heteroatoms. The first-order chi connectivity index (χ1) is 10.6. The molecule has 0 aliphatic carbocycles. The van der Waals surface area contributed by atoms with Crippen LogP contribution in [0.3, 0.4) is 0 Å². The summed E-state index contributed by atoms with van der Waals surface area (Å²) in [7, 11) is 0. The SMILES string of the molecule is C[C@H](SCc1ccc(F)cc1)C(=O)NCc1ccccc1Cl. The molecule has 0 aromatic heterocycles. The molecule has 22 heavy (non-hydrogen) atoms. The first kappa shape index (κ1) is 16.8. The van der Waals surface area contributed by atoms with E-state index >= 15 is 0 Å². The predicted molar refractivity (Wildman–Crippen MR) is 90.5 cm³/mol. The van der Waals surface area contributed by atoms with Crippen molar-refractivity contribution < 1.29 is 9.18 Å². The summed E-state index contributed by atoms with van der Waals surface area (Å²) in [5.74, 6) is 0.382. The lowest BCUT2D eigenvalue weighted by atomic mass is 10.2. The highest BCUT2D eigenvalue weighted by molar-refractivity contribution is 7.99. The zero-order valence-corrected chi connectivity index (χ0v) is 13.8. The number of amides is 1. The predicted octanol–water partition coefficient (Wildman–Crippen LogP) is 4.42. The van der Waals surface area contributed by atoms with E-state index in [1.807, 2.05) is 25.1 Å². The molecule has 0 heterocycles. The minimum absolute atomic E-state index is 0.0352. The molecule has 0 saturated heterocycles. The smallest absolute Gasteiger partial charge is 0.233 e. The Morgan fingerprint density at radius 1 is 1.23 bits per heavy atom. The number of carbonyl (C=O) groups excluding carboxylic acids is 1. The van der Waals surface area contributed by atoms with Crippen LogP contribution in [0.4, 0.5) is 4.39 Å². The van der Waals surface area contributed by atoms with Crippen molar-refractivity contribution in [3.63, 3.8) is 0 Å². The lowest BCUT2D eigenvalue weighted by molar-refractivity contribution is -0.120. The molecule has 2 aromatic carbocycles. The van der Waals surface area contributed by atoms with Gasteiger partial charge < -0.3 is 5.32 Å². The van der Waals surface area contributed by atoms with Gasteiger partial charge in [0.1, 0.15) is 5.82 Å². The van der Waals surface area contributed by atoms with Crippen LogP contribution in [0.2, 0.25) is 5.02 Å². The van der Waals surface area contributed by atoms with E-state index in [-0.39, 0.29) is 17.0 Å². The molecule has 116 valence electrons. The van der Waals surface area contributed by atoms with Gasteiger partial charge in [0.25, 0.3) is 0 Å². The van der Waals surface area contributed by atoms with Crippen molar-refractivity contribution in [1.29, 1.82) is 0 Å². The van der Waals surface area contributed by atoms with Crippen LogP contribution in [0.25, 0.3) is 0 Å². The average Bonchev–Trinajstić information content (AvgIpc) is 2.53. The number of carbonyl (C=O) groups is 1.